The largest absolute Gasteiger partial charge is 0.326 e. The smallest absolute Gasteiger partial charge is 0.225 e. The monoisotopic (exact) mass is 324 g/mol. The maximum absolute atomic E-state index is 12.4. The Kier molecular flexibility index (Phi) is 7.01. The van der Waals surface area contributed by atoms with E-state index in [1.807, 2.05) is 18.2 Å². The summed E-state index contributed by atoms with van der Waals surface area (Å²) in [7, 11) is 2.05. The summed E-state index contributed by atoms with van der Waals surface area (Å²) in [5.74, 6) is 0.0884. The van der Waals surface area contributed by atoms with Crippen LogP contribution in [0.15, 0.2) is 48.5 Å². The quantitative estimate of drug-likeness (QED) is 0.786. The van der Waals surface area contributed by atoms with Gasteiger partial charge >= 0.3 is 0 Å². The van der Waals surface area contributed by atoms with Crippen molar-refractivity contribution >= 4 is 11.6 Å². The number of amides is 1. The van der Waals surface area contributed by atoms with E-state index in [1.54, 1.807) is 0 Å². The fourth-order valence-electron chi connectivity index (χ4n) is 2.87. The lowest BCUT2D eigenvalue weighted by Gasteiger charge is -2.18. The van der Waals surface area contributed by atoms with Crippen LogP contribution in [-0.2, 0) is 24.2 Å². The fourth-order valence-corrected chi connectivity index (χ4v) is 2.87. The highest BCUT2D eigenvalue weighted by Crippen LogP contribution is 2.22. The van der Waals surface area contributed by atoms with E-state index in [-0.39, 0.29) is 5.91 Å². The number of para-hydroxylation sites is 1. The van der Waals surface area contributed by atoms with Crippen LogP contribution in [0, 0.1) is 0 Å². The molecule has 2 aromatic carbocycles. The maximum atomic E-state index is 12.4. The molecule has 1 N–H and O–H groups in total. The number of aryl methyl sites for hydroxylation is 2. The Labute approximate surface area is 145 Å². The van der Waals surface area contributed by atoms with Crippen molar-refractivity contribution in [2.24, 2.45) is 0 Å². The van der Waals surface area contributed by atoms with E-state index in [2.05, 4.69) is 61.4 Å². The SMILES string of the molecule is CCc1cccc(CC)c1NC(=O)CCN(C)Cc1ccccc1. The van der Waals surface area contributed by atoms with Crippen molar-refractivity contribution in [2.45, 2.75) is 39.7 Å². The molecule has 3 nitrogen and oxygen atoms in total. The van der Waals surface area contributed by atoms with E-state index < -0.39 is 0 Å². The van der Waals surface area contributed by atoms with Crippen LogP contribution < -0.4 is 5.32 Å². The van der Waals surface area contributed by atoms with Gasteiger partial charge in [0.05, 0.1) is 0 Å². The van der Waals surface area contributed by atoms with E-state index in [0.29, 0.717) is 6.42 Å². The van der Waals surface area contributed by atoms with Crippen molar-refractivity contribution in [1.82, 2.24) is 4.90 Å². The summed E-state index contributed by atoms with van der Waals surface area (Å²) in [6.45, 7) is 5.85. The molecule has 0 aromatic heterocycles. The second-order valence-electron chi connectivity index (χ2n) is 6.18. The van der Waals surface area contributed by atoms with Gasteiger partial charge < -0.3 is 10.2 Å². The van der Waals surface area contributed by atoms with Crippen LogP contribution >= 0.6 is 0 Å². The number of hydrogen-bond acceptors (Lipinski definition) is 2. The van der Waals surface area contributed by atoms with Crippen molar-refractivity contribution in [2.75, 3.05) is 18.9 Å². The first-order chi connectivity index (χ1) is 11.6. The molecule has 3 heteroatoms. The van der Waals surface area contributed by atoms with Crippen LogP contribution in [0.25, 0.3) is 0 Å². The standard InChI is InChI=1S/C21H28N2O/c1-4-18-12-9-13-19(5-2)21(18)22-20(24)14-15-23(3)16-17-10-7-6-8-11-17/h6-13H,4-5,14-16H2,1-3H3,(H,22,24). The zero-order valence-electron chi connectivity index (χ0n) is 15.0. The lowest BCUT2D eigenvalue weighted by molar-refractivity contribution is -0.116. The fraction of sp³-hybridized carbons (Fsp3) is 0.381. The van der Waals surface area contributed by atoms with Gasteiger partial charge in [-0.2, -0.15) is 0 Å². The molecule has 128 valence electrons. The number of carbonyl (C=O) groups excluding carboxylic acids is 1. The molecule has 2 aromatic rings. The number of anilines is 1. The van der Waals surface area contributed by atoms with Crippen molar-refractivity contribution < 1.29 is 4.79 Å². The van der Waals surface area contributed by atoms with Gasteiger partial charge in [-0.3, -0.25) is 4.79 Å². The summed E-state index contributed by atoms with van der Waals surface area (Å²) in [6.07, 6.45) is 2.36. The van der Waals surface area contributed by atoms with Crippen LogP contribution in [0.4, 0.5) is 5.69 Å². The Morgan fingerprint density at radius 3 is 2.17 bits per heavy atom. The summed E-state index contributed by atoms with van der Waals surface area (Å²) in [5.41, 5.74) is 4.70. The highest BCUT2D eigenvalue weighted by Gasteiger charge is 2.11. The van der Waals surface area contributed by atoms with Crippen LogP contribution in [0.1, 0.15) is 37.0 Å². The summed E-state index contributed by atoms with van der Waals surface area (Å²) in [4.78, 5) is 14.5. The van der Waals surface area contributed by atoms with E-state index in [1.165, 1.54) is 16.7 Å². The lowest BCUT2D eigenvalue weighted by atomic mass is 10.0. The number of rotatable bonds is 8. The summed E-state index contributed by atoms with van der Waals surface area (Å²) < 4.78 is 0. The van der Waals surface area contributed by atoms with Crippen LogP contribution in [-0.4, -0.2) is 24.4 Å². The Hall–Kier alpha value is -2.13. The molecule has 0 spiro atoms. The van der Waals surface area contributed by atoms with Crippen LogP contribution in [0.5, 0.6) is 0 Å². The first-order valence-electron chi connectivity index (χ1n) is 8.77. The molecule has 0 aliphatic rings. The highest BCUT2D eigenvalue weighted by atomic mass is 16.1. The molecular formula is C21H28N2O. The predicted molar refractivity (Wildman–Crippen MR) is 101 cm³/mol. The summed E-state index contributed by atoms with van der Waals surface area (Å²) in [6, 6.07) is 16.6. The second kappa shape index (κ2) is 9.24. The van der Waals surface area contributed by atoms with E-state index in [4.69, 9.17) is 0 Å². The molecule has 0 saturated carbocycles. The highest BCUT2D eigenvalue weighted by molar-refractivity contribution is 5.92. The Bertz CT molecular complexity index is 630. The predicted octanol–water partition coefficient (Wildman–Crippen LogP) is 4.27. The third-order valence-electron chi connectivity index (χ3n) is 4.28. The Morgan fingerprint density at radius 2 is 1.58 bits per heavy atom. The molecule has 1 amide bonds. The molecule has 0 aliphatic heterocycles. The third kappa shape index (κ3) is 5.20. The number of nitrogens with one attached hydrogen (secondary N) is 1. The Balaban J connectivity index is 1.89. The Morgan fingerprint density at radius 1 is 0.958 bits per heavy atom. The van der Waals surface area contributed by atoms with Gasteiger partial charge in [-0.1, -0.05) is 62.4 Å². The van der Waals surface area contributed by atoms with Gasteiger partial charge in [0.2, 0.25) is 5.91 Å². The average Bonchev–Trinajstić information content (AvgIpc) is 2.61. The topological polar surface area (TPSA) is 32.3 Å². The van der Waals surface area contributed by atoms with Gasteiger partial charge in [0.1, 0.15) is 0 Å². The van der Waals surface area contributed by atoms with E-state index in [0.717, 1.165) is 31.6 Å². The van der Waals surface area contributed by atoms with Gasteiger partial charge in [-0.15, -0.1) is 0 Å². The molecule has 0 bridgehead atoms. The molecule has 0 heterocycles. The van der Waals surface area contributed by atoms with Gasteiger partial charge in [-0.05, 0) is 36.6 Å². The summed E-state index contributed by atoms with van der Waals surface area (Å²) >= 11 is 0. The van der Waals surface area contributed by atoms with Gasteiger partial charge in [-0.25, -0.2) is 0 Å². The van der Waals surface area contributed by atoms with Gasteiger partial charge in [0.15, 0.2) is 0 Å². The first kappa shape index (κ1) is 18.2. The maximum Gasteiger partial charge on any atom is 0.225 e. The van der Waals surface area contributed by atoms with Crippen molar-refractivity contribution in [1.29, 1.82) is 0 Å². The normalized spacial score (nSPS) is 10.8. The van der Waals surface area contributed by atoms with Gasteiger partial charge in [0, 0.05) is 25.2 Å². The van der Waals surface area contributed by atoms with Crippen molar-refractivity contribution in [3.63, 3.8) is 0 Å². The van der Waals surface area contributed by atoms with Gasteiger partial charge in [0.25, 0.3) is 0 Å². The molecule has 0 atom stereocenters. The minimum Gasteiger partial charge on any atom is -0.326 e. The number of hydrogen-bond donors (Lipinski definition) is 1. The molecule has 24 heavy (non-hydrogen) atoms. The zero-order chi connectivity index (χ0) is 17.4. The molecule has 0 unspecified atom stereocenters. The molecule has 0 fully saturated rings. The van der Waals surface area contributed by atoms with E-state index in [9.17, 15) is 4.79 Å². The number of carbonyl (C=O) groups is 1. The van der Waals surface area contributed by atoms with Crippen LogP contribution in [0.2, 0.25) is 0 Å². The lowest BCUT2D eigenvalue weighted by Crippen LogP contribution is -2.24. The molecule has 0 saturated heterocycles. The van der Waals surface area contributed by atoms with Crippen molar-refractivity contribution in [3.05, 3.63) is 65.2 Å². The molecule has 0 aliphatic carbocycles. The molecule has 0 radical (unpaired) electrons. The minimum absolute atomic E-state index is 0.0884. The second-order valence-corrected chi connectivity index (χ2v) is 6.18. The van der Waals surface area contributed by atoms with Crippen molar-refractivity contribution in [3.8, 4) is 0 Å². The summed E-state index contributed by atoms with van der Waals surface area (Å²) in [5, 5.41) is 3.13. The minimum atomic E-state index is 0.0884. The molecular weight excluding hydrogens is 296 g/mol. The third-order valence-corrected chi connectivity index (χ3v) is 4.28. The first-order valence-corrected chi connectivity index (χ1v) is 8.77. The average molecular weight is 324 g/mol. The zero-order valence-corrected chi connectivity index (χ0v) is 15.0. The number of nitrogens with zero attached hydrogens (tertiary/aromatic N) is 1. The molecule has 2 rings (SSSR count). The van der Waals surface area contributed by atoms with E-state index >= 15 is 0 Å². The van der Waals surface area contributed by atoms with Crippen LogP contribution in [0.3, 0.4) is 0 Å². The number of benzene rings is 2.